The van der Waals surface area contributed by atoms with Crippen LogP contribution in [-0.2, 0) is 9.53 Å². The third kappa shape index (κ3) is 3.13. The van der Waals surface area contributed by atoms with Crippen molar-refractivity contribution in [2.45, 2.75) is 31.4 Å². The van der Waals surface area contributed by atoms with Gasteiger partial charge in [0.05, 0.1) is 6.04 Å². The Labute approximate surface area is 132 Å². The molecule has 0 aromatic heterocycles. The Morgan fingerprint density at radius 2 is 1.83 bits per heavy atom. The van der Waals surface area contributed by atoms with E-state index in [9.17, 15) is 18.4 Å². The Bertz CT molecular complexity index is 574. The van der Waals surface area contributed by atoms with Gasteiger partial charge in [0.2, 0.25) is 0 Å². The summed E-state index contributed by atoms with van der Waals surface area (Å²) in [6.07, 6.45) is -2.38. The zero-order valence-electron chi connectivity index (χ0n) is 12.5. The summed E-state index contributed by atoms with van der Waals surface area (Å²) >= 11 is 0. The van der Waals surface area contributed by atoms with Gasteiger partial charge in [-0.15, -0.1) is 0 Å². The third-order valence-electron chi connectivity index (χ3n) is 4.45. The summed E-state index contributed by atoms with van der Waals surface area (Å²) in [5.41, 5.74) is 0.990. The second kappa shape index (κ2) is 6.52. The maximum atomic E-state index is 12.5. The van der Waals surface area contributed by atoms with Crippen LogP contribution >= 0.6 is 0 Å². The maximum absolute atomic E-state index is 12.5. The van der Waals surface area contributed by atoms with Crippen LogP contribution in [0.15, 0.2) is 30.3 Å². The number of hydrogen-bond acceptors (Lipinski definition) is 3. The number of halogens is 2. The quantitative estimate of drug-likeness (QED) is 0.858. The molecule has 0 radical (unpaired) electrons. The number of amides is 2. The lowest BCUT2D eigenvalue weighted by Crippen LogP contribution is -2.49. The van der Waals surface area contributed by atoms with Gasteiger partial charge in [-0.05, 0) is 18.4 Å². The summed E-state index contributed by atoms with van der Waals surface area (Å²) in [5.74, 6) is -1.13. The molecule has 0 spiro atoms. The molecule has 2 heterocycles. The number of cyclic esters (lactones) is 1. The predicted octanol–water partition coefficient (Wildman–Crippen LogP) is 2.44. The van der Waals surface area contributed by atoms with E-state index in [1.807, 2.05) is 30.3 Å². The second-order valence-electron chi connectivity index (χ2n) is 5.77. The molecule has 1 aromatic rings. The van der Waals surface area contributed by atoms with Gasteiger partial charge in [-0.2, -0.15) is 8.78 Å². The van der Waals surface area contributed by atoms with Gasteiger partial charge in [0, 0.05) is 19.1 Å². The first kappa shape index (κ1) is 15.7. The highest BCUT2D eigenvalue weighted by atomic mass is 19.3. The van der Waals surface area contributed by atoms with E-state index in [-0.39, 0.29) is 31.3 Å². The minimum atomic E-state index is -2.97. The van der Waals surface area contributed by atoms with E-state index in [0.29, 0.717) is 19.4 Å². The molecule has 2 fully saturated rings. The van der Waals surface area contributed by atoms with Crippen LogP contribution in [-0.4, -0.2) is 54.0 Å². The van der Waals surface area contributed by atoms with E-state index in [0.717, 1.165) is 5.56 Å². The van der Waals surface area contributed by atoms with Crippen LogP contribution in [0.1, 0.15) is 24.4 Å². The summed E-state index contributed by atoms with van der Waals surface area (Å²) in [5, 5.41) is 0. The van der Waals surface area contributed by atoms with Gasteiger partial charge >= 0.3 is 12.5 Å². The molecule has 23 heavy (non-hydrogen) atoms. The molecular weight excluding hydrogens is 306 g/mol. The fraction of sp³-hybridized carbons (Fsp3) is 0.500. The Kier molecular flexibility index (Phi) is 4.45. The number of hydrogen-bond donors (Lipinski definition) is 0. The minimum absolute atomic E-state index is 0.100. The molecule has 2 aliphatic heterocycles. The van der Waals surface area contributed by atoms with E-state index in [2.05, 4.69) is 0 Å². The molecular formula is C16H18F2N2O3. The number of piperidine rings is 1. The van der Waals surface area contributed by atoms with Crippen molar-refractivity contribution in [3.63, 3.8) is 0 Å². The van der Waals surface area contributed by atoms with E-state index in [4.69, 9.17) is 4.74 Å². The molecule has 0 N–H and O–H groups in total. The lowest BCUT2D eigenvalue weighted by Gasteiger charge is -2.37. The van der Waals surface area contributed by atoms with Crippen molar-refractivity contribution in [1.29, 1.82) is 0 Å². The molecule has 1 atom stereocenters. The molecule has 2 aliphatic rings. The largest absolute Gasteiger partial charge is 0.447 e. The minimum Gasteiger partial charge on any atom is -0.447 e. The number of alkyl halides is 2. The van der Waals surface area contributed by atoms with Crippen molar-refractivity contribution < 1.29 is 23.1 Å². The highest BCUT2D eigenvalue weighted by molar-refractivity contribution is 5.79. The normalized spacial score (nSPS) is 22.6. The van der Waals surface area contributed by atoms with Gasteiger partial charge in [0.1, 0.15) is 6.61 Å². The van der Waals surface area contributed by atoms with Crippen molar-refractivity contribution in [1.82, 2.24) is 9.80 Å². The number of likely N-dealkylation sites (tertiary alicyclic amines) is 1. The Hall–Kier alpha value is -2.18. The predicted molar refractivity (Wildman–Crippen MR) is 78.0 cm³/mol. The van der Waals surface area contributed by atoms with Gasteiger partial charge in [-0.1, -0.05) is 30.3 Å². The number of benzene rings is 1. The van der Waals surface area contributed by atoms with Crippen molar-refractivity contribution in [2.75, 3.05) is 19.7 Å². The van der Waals surface area contributed by atoms with Crippen LogP contribution in [0.2, 0.25) is 0 Å². The van der Waals surface area contributed by atoms with Crippen molar-refractivity contribution in [3.8, 4) is 0 Å². The lowest BCUT2D eigenvalue weighted by atomic mass is 9.99. The van der Waals surface area contributed by atoms with Gasteiger partial charge in [0.25, 0.3) is 5.91 Å². The average molecular weight is 324 g/mol. The van der Waals surface area contributed by atoms with E-state index in [1.54, 1.807) is 4.90 Å². The van der Waals surface area contributed by atoms with Gasteiger partial charge in [-0.3, -0.25) is 9.69 Å². The van der Waals surface area contributed by atoms with E-state index < -0.39 is 12.3 Å². The molecule has 3 rings (SSSR count). The first-order valence-electron chi connectivity index (χ1n) is 7.65. The number of ether oxygens (including phenoxy) is 1. The van der Waals surface area contributed by atoms with Crippen molar-refractivity contribution in [3.05, 3.63) is 35.9 Å². The van der Waals surface area contributed by atoms with Crippen LogP contribution < -0.4 is 0 Å². The molecule has 0 unspecified atom stereocenters. The van der Waals surface area contributed by atoms with Crippen LogP contribution in [0.4, 0.5) is 13.6 Å². The molecule has 124 valence electrons. The van der Waals surface area contributed by atoms with Gasteiger partial charge in [0.15, 0.2) is 0 Å². The maximum Gasteiger partial charge on any atom is 0.410 e. The molecule has 2 amide bonds. The van der Waals surface area contributed by atoms with Crippen LogP contribution in [0, 0.1) is 0 Å². The smallest absolute Gasteiger partial charge is 0.410 e. The number of nitrogens with zero attached hydrogens (tertiary/aromatic N) is 2. The SMILES string of the molecule is O=C(C(F)F)N1CCC(N2C(=O)OC[C@H]2c2ccccc2)CC1. The Morgan fingerprint density at radius 1 is 1.17 bits per heavy atom. The number of rotatable bonds is 3. The van der Waals surface area contributed by atoms with E-state index >= 15 is 0 Å². The fourth-order valence-electron chi connectivity index (χ4n) is 3.27. The van der Waals surface area contributed by atoms with E-state index in [1.165, 1.54) is 4.90 Å². The molecule has 5 nitrogen and oxygen atoms in total. The summed E-state index contributed by atoms with van der Waals surface area (Å²) in [4.78, 5) is 26.3. The molecule has 0 bridgehead atoms. The fourth-order valence-corrected chi connectivity index (χ4v) is 3.27. The van der Waals surface area contributed by atoms with Crippen LogP contribution in [0.5, 0.6) is 0 Å². The molecule has 0 saturated carbocycles. The van der Waals surface area contributed by atoms with Crippen molar-refractivity contribution >= 4 is 12.0 Å². The third-order valence-corrected chi connectivity index (χ3v) is 4.45. The average Bonchev–Trinajstić information content (AvgIpc) is 2.96. The second-order valence-corrected chi connectivity index (χ2v) is 5.77. The number of carbonyl (C=O) groups is 2. The standard InChI is InChI=1S/C16H18F2N2O3/c17-14(18)15(21)19-8-6-12(7-9-19)20-13(10-23-16(20)22)11-4-2-1-3-5-11/h1-5,12-14H,6-10H2/t13-/m0/s1. The first-order chi connectivity index (χ1) is 11.1. The zero-order chi connectivity index (χ0) is 16.4. The topological polar surface area (TPSA) is 49.9 Å². The summed E-state index contributed by atoms with van der Waals surface area (Å²) < 4.78 is 30.1. The molecule has 0 aliphatic carbocycles. The number of carbonyl (C=O) groups excluding carboxylic acids is 2. The van der Waals surface area contributed by atoms with Gasteiger partial charge in [-0.25, -0.2) is 4.79 Å². The monoisotopic (exact) mass is 324 g/mol. The molecule has 7 heteroatoms. The van der Waals surface area contributed by atoms with Crippen LogP contribution in [0.25, 0.3) is 0 Å². The Morgan fingerprint density at radius 3 is 2.43 bits per heavy atom. The first-order valence-corrected chi connectivity index (χ1v) is 7.65. The zero-order valence-corrected chi connectivity index (χ0v) is 12.5. The summed E-state index contributed by atoms with van der Waals surface area (Å²) in [6, 6.07) is 9.33. The highest BCUT2D eigenvalue weighted by Crippen LogP contribution is 2.33. The van der Waals surface area contributed by atoms with Crippen molar-refractivity contribution in [2.24, 2.45) is 0 Å². The lowest BCUT2D eigenvalue weighted by molar-refractivity contribution is -0.144. The summed E-state index contributed by atoms with van der Waals surface area (Å²) in [7, 11) is 0. The highest BCUT2D eigenvalue weighted by Gasteiger charge is 2.41. The summed E-state index contributed by atoms with van der Waals surface area (Å²) in [6.45, 7) is 0.761. The van der Waals surface area contributed by atoms with Gasteiger partial charge < -0.3 is 9.64 Å². The molecule has 1 aromatic carbocycles. The molecule has 2 saturated heterocycles. The van der Waals surface area contributed by atoms with Crippen LogP contribution in [0.3, 0.4) is 0 Å². The Balaban J connectivity index is 1.69.